The Morgan fingerprint density at radius 2 is 2.15 bits per heavy atom. The standard InChI is InChI=1S/C17H14N4O5/c1-24-15(23)8-11-16(21-6-2-3-12(22)17(21)18-11)20-19-10-4-5-13-14(7-10)26-9-25-13/h2-7,22H,8-9H2,1H3. The van der Waals surface area contributed by atoms with Gasteiger partial charge in [-0.15, -0.1) is 10.2 Å². The third-order valence-electron chi connectivity index (χ3n) is 3.83. The molecule has 1 aromatic carbocycles. The molecule has 0 saturated heterocycles. The third-order valence-corrected chi connectivity index (χ3v) is 3.83. The van der Waals surface area contributed by atoms with Gasteiger partial charge in [-0.1, -0.05) is 0 Å². The van der Waals surface area contributed by atoms with E-state index in [0.29, 0.717) is 28.7 Å². The van der Waals surface area contributed by atoms with Crippen LogP contribution in [0.15, 0.2) is 46.8 Å². The summed E-state index contributed by atoms with van der Waals surface area (Å²) in [5.41, 5.74) is 1.18. The van der Waals surface area contributed by atoms with Crippen molar-refractivity contribution >= 4 is 23.1 Å². The van der Waals surface area contributed by atoms with Gasteiger partial charge in [0.05, 0.1) is 24.9 Å². The van der Waals surface area contributed by atoms with Gasteiger partial charge in [-0.3, -0.25) is 9.20 Å². The van der Waals surface area contributed by atoms with E-state index >= 15 is 0 Å². The van der Waals surface area contributed by atoms with E-state index < -0.39 is 5.97 Å². The zero-order valence-electron chi connectivity index (χ0n) is 13.7. The number of rotatable bonds is 4. The van der Waals surface area contributed by atoms with Gasteiger partial charge < -0.3 is 19.3 Å². The molecule has 1 aliphatic rings. The highest BCUT2D eigenvalue weighted by atomic mass is 16.7. The van der Waals surface area contributed by atoms with Crippen LogP contribution in [0.5, 0.6) is 17.2 Å². The van der Waals surface area contributed by atoms with Gasteiger partial charge >= 0.3 is 5.97 Å². The van der Waals surface area contributed by atoms with E-state index in [-0.39, 0.29) is 24.6 Å². The minimum absolute atomic E-state index is 0.0249. The van der Waals surface area contributed by atoms with Gasteiger partial charge in [0.1, 0.15) is 0 Å². The number of aromatic nitrogens is 2. The highest BCUT2D eigenvalue weighted by Gasteiger charge is 2.18. The van der Waals surface area contributed by atoms with E-state index in [4.69, 9.17) is 14.2 Å². The van der Waals surface area contributed by atoms with Crippen molar-refractivity contribution in [2.75, 3.05) is 13.9 Å². The molecular formula is C17H14N4O5. The van der Waals surface area contributed by atoms with Crippen LogP contribution in [0.25, 0.3) is 5.65 Å². The lowest BCUT2D eigenvalue weighted by Gasteiger charge is -2.00. The fourth-order valence-electron chi connectivity index (χ4n) is 2.57. The second kappa shape index (κ2) is 6.36. The number of azo groups is 1. The highest BCUT2D eigenvalue weighted by molar-refractivity contribution is 5.75. The highest BCUT2D eigenvalue weighted by Crippen LogP contribution is 2.36. The van der Waals surface area contributed by atoms with Crippen LogP contribution in [0, 0.1) is 0 Å². The molecule has 1 aliphatic heterocycles. The average molecular weight is 354 g/mol. The van der Waals surface area contributed by atoms with Gasteiger partial charge in [0.15, 0.2) is 28.7 Å². The molecule has 0 fully saturated rings. The number of fused-ring (bicyclic) bond motifs is 2. The topological polar surface area (TPSA) is 107 Å². The van der Waals surface area contributed by atoms with Gasteiger partial charge in [0.2, 0.25) is 6.79 Å². The Morgan fingerprint density at radius 3 is 3.00 bits per heavy atom. The van der Waals surface area contributed by atoms with E-state index in [1.54, 1.807) is 34.9 Å². The van der Waals surface area contributed by atoms with Crippen LogP contribution >= 0.6 is 0 Å². The quantitative estimate of drug-likeness (QED) is 0.570. The lowest BCUT2D eigenvalue weighted by Crippen LogP contribution is -2.04. The van der Waals surface area contributed by atoms with E-state index in [9.17, 15) is 9.90 Å². The van der Waals surface area contributed by atoms with Gasteiger partial charge in [-0.25, -0.2) is 4.98 Å². The number of carbonyl (C=O) groups excluding carboxylic acids is 1. The number of nitrogens with zero attached hydrogens (tertiary/aromatic N) is 4. The molecular weight excluding hydrogens is 340 g/mol. The molecule has 0 amide bonds. The first-order chi connectivity index (χ1) is 12.7. The Balaban J connectivity index is 1.75. The van der Waals surface area contributed by atoms with E-state index in [0.717, 1.165) is 0 Å². The van der Waals surface area contributed by atoms with Crippen molar-refractivity contribution < 1.29 is 24.1 Å². The van der Waals surface area contributed by atoms with Crippen LogP contribution in [0.3, 0.4) is 0 Å². The Bertz CT molecular complexity index is 1030. The number of methoxy groups -OCH3 is 1. The summed E-state index contributed by atoms with van der Waals surface area (Å²) in [6, 6.07) is 8.32. The lowest BCUT2D eigenvalue weighted by molar-refractivity contribution is -0.139. The maximum absolute atomic E-state index is 11.7. The summed E-state index contributed by atoms with van der Waals surface area (Å²) in [5, 5.41) is 18.4. The van der Waals surface area contributed by atoms with E-state index in [1.165, 1.54) is 13.2 Å². The monoisotopic (exact) mass is 354 g/mol. The number of imidazole rings is 1. The normalized spacial score (nSPS) is 12.8. The summed E-state index contributed by atoms with van der Waals surface area (Å²) in [5.74, 6) is 1.08. The van der Waals surface area contributed by atoms with Crippen molar-refractivity contribution in [1.29, 1.82) is 0 Å². The second-order valence-electron chi connectivity index (χ2n) is 5.46. The molecule has 0 bridgehead atoms. The number of benzene rings is 1. The lowest BCUT2D eigenvalue weighted by atomic mass is 10.3. The van der Waals surface area contributed by atoms with Crippen molar-refractivity contribution in [1.82, 2.24) is 9.38 Å². The maximum atomic E-state index is 11.7. The van der Waals surface area contributed by atoms with Crippen LogP contribution < -0.4 is 9.47 Å². The molecule has 4 rings (SSSR count). The molecule has 3 heterocycles. The number of hydrogen-bond acceptors (Lipinski definition) is 8. The predicted octanol–water partition coefficient (Wildman–Crippen LogP) is 2.90. The minimum atomic E-state index is -0.465. The molecule has 0 radical (unpaired) electrons. The molecule has 1 N–H and O–H groups in total. The van der Waals surface area contributed by atoms with Crippen LogP contribution in [-0.2, 0) is 16.0 Å². The maximum Gasteiger partial charge on any atom is 0.311 e. The van der Waals surface area contributed by atoms with E-state index in [1.807, 2.05) is 0 Å². The number of ether oxygens (including phenoxy) is 3. The van der Waals surface area contributed by atoms with Crippen molar-refractivity contribution in [3.05, 3.63) is 42.2 Å². The summed E-state index contributed by atoms with van der Waals surface area (Å²) >= 11 is 0. The van der Waals surface area contributed by atoms with Gasteiger partial charge in [-0.2, -0.15) is 0 Å². The minimum Gasteiger partial charge on any atom is -0.504 e. The molecule has 2 aromatic heterocycles. The molecule has 132 valence electrons. The van der Waals surface area contributed by atoms with Crippen molar-refractivity contribution in [2.24, 2.45) is 10.2 Å². The summed E-state index contributed by atoms with van der Waals surface area (Å²) in [6.45, 7) is 0.172. The average Bonchev–Trinajstić information content (AvgIpc) is 3.24. The fourth-order valence-corrected chi connectivity index (χ4v) is 2.57. The van der Waals surface area contributed by atoms with Gasteiger partial charge in [-0.05, 0) is 24.3 Å². The molecule has 9 nitrogen and oxygen atoms in total. The van der Waals surface area contributed by atoms with E-state index in [2.05, 4.69) is 15.2 Å². The first-order valence-corrected chi connectivity index (χ1v) is 7.73. The molecule has 0 spiro atoms. The molecule has 0 saturated carbocycles. The Labute approximate surface area is 147 Å². The number of carbonyl (C=O) groups is 1. The molecule has 0 atom stereocenters. The van der Waals surface area contributed by atoms with Crippen LogP contribution in [0.4, 0.5) is 11.5 Å². The van der Waals surface area contributed by atoms with Crippen LogP contribution in [0.1, 0.15) is 5.69 Å². The Hall–Kier alpha value is -3.62. The van der Waals surface area contributed by atoms with Gasteiger partial charge in [0.25, 0.3) is 0 Å². The smallest absolute Gasteiger partial charge is 0.311 e. The fraction of sp³-hybridized carbons (Fsp3) is 0.176. The third kappa shape index (κ3) is 2.79. The first-order valence-electron chi connectivity index (χ1n) is 7.73. The van der Waals surface area contributed by atoms with Crippen molar-refractivity contribution in [2.45, 2.75) is 6.42 Å². The number of esters is 1. The Morgan fingerprint density at radius 1 is 1.31 bits per heavy atom. The van der Waals surface area contributed by atoms with Crippen LogP contribution in [0.2, 0.25) is 0 Å². The van der Waals surface area contributed by atoms with Crippen molar-refractivity contribution in [3.8, 4) is 17.2 Å². The molecule has 26 heavy (non-hydrogen) atoms. The molecule has 3 aromatic rings. The molecule has 0 unspecified atom stereocenters. The number of hydrogen-bond donors (Lipinski definition) is 1. The van der Waals surface area contributed by atoms with Gasteiger partial charge in [0, 0.05) is 12.3 Å². The molecule has 9 heteroatoms. The summed E-state index contributed by atoms with van der Waals surface area (Å²) in [6.07, 6.45) is 1.59. The largest absolute Gasteiger partial charge is 0.504 e. The number of aromatic hydroxyl groups is 1. The summed E-state index contributed by atoms with van der Waals surface area (Å²) in [4.78, 5) is 15.9. The molecule has 0 aliphatic carbocycles. The number of pyridine rings is 1. The summed E-state index contributed by atoms with van der Waals surface area (Å²) < 4.78 is 16.8. The Kier molecular flexibility index (Phi) is 3.88. The van der Waals surface area contributed by atoms with Crippen LogP contribution in [-0.4, -0.2) is 34.4 Å². The van der Waals surface area contributed by atoms with Crippen molar-refractivity contribution in [3.63, 3.8) is 0 Å². The first kappa shape index (κ1) is 15.9. The zero-order chi connectivity index (χ0) is 18.1. The SMILES string of the molecule is COC(=O)Cc1nc2c(O)cccn2c1N=Nc1ccc2c(c1)OCO2. The summed E-state index contributed by atoms with van der Waals surface area (Å²) in [7, 11) is 1.30. The second-order valence-corrected chi connectivity index (χ2v) is 5.46. The predicted molar refractivity (Wildman–Crippen MR) is 89.3 cm³/mol. The zero-order valence-corrected chi connectivity index (χ0v) is 13.7.